The molecule has 2 unspecified atom stereocenters. The molecule has 2 nitrogen and oxygen atoms in total. The maximum Gasteiger partial charge on any atom is 0.135 e. The molecular formula is C50H41NO. The van der Waals surface area contributed by atoms with E-state index in [1.807, 2.05) is 0 Å². The Morgan fingerprint density at radius 1 is 0.654 bits per heavy atom. The molecule has 0 bridgehead atoms. The van der Waals surface area contributed by atoms with E-state index < -0.39 is 0 Å². The van der Waals surface area contributed by atoms with Crippen LogP contribution in [0.2, 0.25) is 0 Å². The highest BCUT2D eigenvalue weighted by molar-refractivity contribution is 5.95. The number of allylic oxidation sites excluding steroid dienone is 3. The molecule has 2 heteroatoms. The van der Waals surface area contributed by atoms with Crippen molar-refractivity contribution >= 4 is 45.3 Å². The van der Waals surface area contributed by atoms with Gasteiger partial charge in [0.1, 0.15) is 11.3 Å². The lowest BCUT2D eigenvalue weighted by molar-refractivity contribution is 0.542. The van der Waals surface area contributed by atoms with Gasteiger partial charge in [0.25, 0.3) is 0 Å². The summed E-state index contributed by atoms with van der Waals surface area (Å²) in [4.78, 5) is 2.62. The van der Waals surface area contributed by atoms with Gasteiger partial charge in [-0.15, -0.1) is 0 Å². The number of fused-ring (bicyclic) bond motifs is 6. The molecule has 0 fully saturated rings. The third-order valence-electron chi connectivity index (χ3n) is 11.6. The third-order valence-corrected chi connectivity index (χ3v) is 11.6. The number of hydrogen-bond acceptors (Lipinski definition) is 2. The van der Waals surface area contributed by atoms with Crippen LogP contribution >= 0.6 is 0 Å². The van der Waals surface area contributed by atoms with Crippen LogP contribution in [-0.2, 0) is 12.8 Å². The minimum absolute atomic E-state index is 0.345. The van der Waals surface area contributed by atoms with E-state index >= 15 is 0 Å². The van der Waals surface area contributed by atoms with Gasteiger partial charge < -0.3 is 9.32 Å². The first-order valence-corrected chi connectivity index (χ1v) is 18.9. The van der Waals surface area contributed by atoms with Gasteiger partial charge in [0, 0.05) is 46.3 Å². The Balaban J connectivity index is 0.983. The standard InChI is InChI=1S/C50H41NO/c1-2-11-37(12-3-1)44-14-6-8-16-47(44)51(42-27-22-35(23-28-42)40-20-18-34-10-4-5-13-39(34)32-40)43-29-24-36(25-30-43)41-21-19-38-26-31-49-50(46(38)33-41)45-15-7-9-17-48(45)52-49/h1-8,10-16,18-24,26-28,31-32,41,43H,9,17,25,29-30,33H2. The highest BCUT2D eigenvalue weighted by Gasteiger charge is 2.29. The Hall–Kier alpha value is -5.86. The topological polar surface area (TPSA) is 16.4 Å². The Labute approximate surface area is 306 Å². The maximum absolute atomic E-state index is 6.36. The molecule has 0 saturated carbocycles. The molecule has 3 aliphatic carbocycles. The number of anilines is 2. The zero-order chi connectivity index (χ0) is 34.4. The predicted octanol–water partition coefficient (Wildman–Crippen LogP) is 13.4. The molecule has 1 heterocycles. The minimum atomic E-state index is 0.345. The second-order valence-corrected chi connectivity index (χ2v) is 14.6. The van der Waals surface area contributed by atoms with Gasteiger partial charge in [-0.25, -0.2) is 0 Å². The van der Waals surface area contributed by atoms with E-state index in [0.29, 0.717) is 12.0 Å². The van der Waals surface area contributed by atoms with Crippen LogP contribution in [0, 0.1) is 5.92 Å². The zero-order valence-corrected chi connectivity index (χ0v) is 29.3. The number of furan rings is 1. The van der Waals surface area contributed by atoms with Crippen LogP contribution in [0.3, 0.4) is 0 Å². The summed E-state index contributed by atoms with van der Waals surface area (Å²) in [6, 6.07) is 49.2. The van der Waals surface area contributed by atoms with E-state index in [4.69, 9.17) is 4.42 Å². The molecule has 0 N–H and O–H groups in total. The van der Waals surface area contributed by atoms with Crippen molar-refractivity contribution in [2.45, 2.75) is 44.6 Å². The first kappa shape index (κ1) is 30.9. The van der Waals surface area contributed by atoms with Crippen LogP contribution < -0.4 is 4.90 Å². The van der Waals surface area contributed by atoms with Crippen molar-refractivity contribution in [1.29, 1.82) is 0 Å². The molecule has 252 valence electrons. The summed E-state index contributed by atoms with van der Waals surface area (Å²) in [5.41, 5.74) is 14.2. The summed E-state index contributed by atoms with van der Waals surface area (Å²) < 4.78 is 6.36. The van der Waals surface area contributed by atoms with Gasteiger partial charge in [-0.05, 0) is 101 Å². The molecule has 3 aliphatic rings. The fourth-order valence-corrected chi connectivity index (χ4v) is 8.95. The van der Waals surface area contributed by atoms with Crippen molar-refractivity contribution in [3.8, 4) is 22.3 Å². The third kappa shape index (κ3) is 5.51. The fraction of sp³-hybridized carbons (Fsp3) is 0.160. The summed E-state index contributed by atoms with van der Waals surface area (Å²) in [6.45, 7) is 0. The summed E-state index contributed by atoms with van der Waals surface area (Å²) in [6.07, 6.45) is 18.3. The van der Waals surface area contributed by atoms with Crippen molar-refractivity contribution in [3.05, 3.63) is 180 Å². The van der Waals surface area contributed by atoms with E-state index in [1.54, 1.807) is 5.57 Å². The van der Waals surface area contributed by atoms with Crippen LogP contribution in [0.4, 0.5) is 11.4 Å². The minimum Gasteiger partial charge on any atom is -0.460 e. The van der Waals surface area contributed by atoms with Crippen molar-refractivity contribution in [1.82, 2.24) is 0 Å². The monoisotopic (exact) mass is 671 g/mol. The van der Waals surface area contributed by atoms with Gasteiger partial charge >= 0.3 is 0 Å². The summed E-state index contributed by atoms with van der Waals surface area (Å²) in [7, 11) is 0. The lowest BCUT2D eigenvalue weighted by Gasteiger charge is -2.38. The van der Waals surface area contributed by atoms with Gasteiger partial charge in [-0.2, -0.15) is 0 Å². The predicted molar refractivity (Wildman–Crippen MR) is 219 cm³/mol. The average Bonchev–Trinajstić information content (AvgIpc) is 3.61. The van der Waals surface area contributed by atoms with E-state index in [9.17, 15) is 0 Å². The molecule has 1 aromatic heterocycles. The number of benzene rings is 6. The van der Waals surface area contributed by atoms with Crippen molar-refractivity contribution in [2.75, 3.05) is 4.90 Å². The SMILES string of the molecule is C1=Cc2c(oc3ccc4c(c23)CC(C2=CCC(N(c3ccc(-c5ccc6ccccc6c5)cc3)c3ccccc3-c3ccccc3)CC2)C=C4)CC1. The molecule has 0 saturated heterocycles. The van der Waals surface area contributed by atoms with E-state index in [2.05, 4.69) is 169 Å². The Bertz CT molecular complexity index is 2530. The van der Waals surface area contributed by atoms with Gasteiger partial charge in [0.05, 0.1) is 0 Å². The lowest BCUT2D eigenvalue weighted by atomic mass is 9.78. The second kappa shape index (κ2) is 13.0. The maximum atomic E-state index is 6.36. The zero-order valence-electron chi connectivity index (χ0n) is 29.3. The van der Waals surface area contributed by atoms with E-state index in [1.165, 1.54) is 66.5 Å². The van der Waals surface area contributed by atoms with Crippen LogP contribution in [0.25, 0.3) is 56.1 Å². The van der Waals surface area contributed by atoms with Crippen LogP contribution in [0.1, 0.15) is 48.1 Å². The molecule has 6 aromatic carbocycles. The molecule has 10 rings (SSSR count). The molecule has 0 spiro atoms. The van der Waals surface area contributed by atoms with Crippen molar-refractivity contribution in [2.24, 2.45) is 5.92 Å². The molecule has 52 heavy (non-hydrogen) atoms. The van der Waals surface area contributed by atoms with E-state index in [-0.39, 0.29) is 0 Å². The first-order valence-electron chi connectivity index (χ1n) is 18.9. The van der Waals surface area contributed by atoms with Gasteiger partial charge in [-0.3, -0.25) is 0 Å². The van der Waals surface area contributed by atoms with Crippen LogP contribution in [0.5, 0.6) is 0 Å². The smallest absolute Gasteiger partial charge is 0.135 e. The summed E-state index contributed by atoms with van der Waals surface area (Å²) in [5, 5.41) is 3.88. The van der Waals surface area contributed by atoms with Crippen molar-refractivity contribution < 1.29 is 4.42 Å². The normalized spacial score (nSPS) is 17.9. The molecule has 0 aliphatic heterocycles. The molecular weight excluding hydrogens is 631 g/mol. The highest BCUT2D eigenvalue weighted by Crippen LogP contribution is 2.44. The van der Waals surface area contributed by atoms with E-state index in [0.717, 1.165) is 49.9 Å². The quantitative estimate of drug-likeness (QED) is 0.164. The molecule has 0 radical (unpaired) electrons. The number of rotatable bonds is 6. The van der Waals surface area contributed by atoms with Crippen LogP contribution in [0.15, 0.2) is 162 Å². The number of para-hydroxylation sites is 1. The lowest BCUT2D eigenvalue weighted by Crippen LogP contribution is -2.33. The van der Waals surface area contributed by atoms with Gasteiger partial charge in [0.15, 0.2) is 0 Å². The highest BCUT2D eigenvalue weighted by atomic mass is 16.3. The van der Waals surface area contributed by atoms with Crippen LogP contribution in [-0.4, -0.2) is 6.04 Å². The summed E-state index contributed by atoms with van der Waals surface area (Å²) >= 11 is 0. The average molecular weight is 672 g/mol. The van der Waals surface area contributed by atoms with Gasteiger partial charge in [0.2, 0.25) is 0 Å². The Morgan fingerprint density at radius 2 is 1.46 bits per heavy atom. The Morgan fingerprint density at radius 3 is 2.33 bits per heavy atom. The largest absolute Gasteiger partial charge is 0.460 e. The van der Waals surface area contributed by atoms with Crippen molar-refractivity contribution in [3.63, 3.8) is 0 Å². The fourth-order valence-electron chi connectivity index (χ4n) is 8.95. The Kier molecular flexibility index (Phi) is 7.75. The molecule has 2 atom stereocenters. The molecule has 7 aromatic rings. The number of hydrogen-bond donors (Lipinski definition) is 0. The second-order valence-electron chi connectivity index (χ2n) is 14.6. The summed E-state index contributed by atoms with van der Waals surface area (Å²) in [5.74, 6) is 1.57. The van der Waals surface area contributed by atoms with Gasteiger partial charge in [-0.1, -0.05) is 139 Å². The number of nitrogens with zero attached hydrogens (tertiary/aromatic N) is 1. The molecule has 0 amide bonds. The number of aryl methyl sites for hydroxylation is 1. The first-order chi connectivity index (χ1) is 25.8.